The van der Waals surface area contributed by atoms with Gasteiger partial charge in [0.25, 0.3) is 0 Å². The fourth-order valence-corrected chi connectivity index (χ4v) is 3.29. The molecular formula is C16H20N4S. The van der Waals surface area contributed by atoms with Crippen LogP contribution in [-0.2, 0) is 6.54 Å². The monoisotopic (exact) mass is 300 g/mol. The molecule has 2 aromatic rings. The van der Waals surface area contributed by atoms with Crippen LogP contribution >= 0.6 is 11.8 Å². The number of anilines is 2. The van der Waals surface area contributed by atoms with Gasteiger partial charge in [-0.15, -0.1) is 0 Å². The Morgan fingerprint density at radius 3 is 2.62 bits per heavy atom. The highest BCUT2D eigenvalue weighted by atomic mass is 32.2. The van der Waals surface area contributed by atoms with Gasteiger partial charge in [-0.3, -0.25) is 0 Å². The fraction of sp³-hybridized carbons (Fsp3) is 0.375. The van der Waals surface area contributed by atoms with Crippen LogP contribution in [0.2, 0.25) is 0 Å². The van der Waals surface area contributed by atoms with E-state index in [-0.39, 0.29) is 0 Å². The summed E-state index contributed by atoms with van der Waals surface area (Å²) in [5.41, 5.74) is 3.57. The highest BCUT2D eigenvalue weighted by Crippen LogP contribution is 2.20. The van der Waals surface area contributed by atoms with E-state index in [9.17, 15) is 0 Å². The Kier molecular flexibility index (Phi) is 4.60. The Labute approximate surface area is 130 Å². The Bertz CT molecular complexity index is 579. The molecule has 0 aliphatic carbocycles. The van der Waals surface area contributed by atoms with Crippen LogP contribution < -0.4 is 10.2 Å². The summed E-state index contributed by atoms with van der Waals surface area (Å²) in [5.74, 6) is 3.34. The summed E-state index contributed by atoms with van der Waals surface area (Å²) in [6.45, 7) is 5.07. The first-order valence-electron chi connectivity index (χ1n) is 7.25. The highest BCUT2D eigenvalue weighted by molar-refractivity contribution is 7.99. The molecule has 0 saturated carbocycles. The van der Waals surface area contributed by atoms with Gasteiger partial charge in [0.05, 0.1) is 0 Å². The van der Waals surface area contributed by atoms with E-state index in [1.165, 1.54) is 22.8 Å². The molecule has 1 fully saturated rings. The lowest BCUT2D eigenvalue weighted by atomic mass is 10.2. The first-order chi connectivity index (χ1) is 10.3. The van der Waals surface area contributed by atoms with Crippen molar-refractivity contribution in [3.05, 3.63) is 47.9 Å². The number of aryl methyl sites for hydroxylation is 1. The van der Waals surface area contributed by atoms with E-state index in [1.807, 2.05) is 24.8 Å². The van der Waals surface area contributed by atoms with Crippen LogP contribution in [0.3, 0.4) is 0 Å². The van der Waals surface area contributed by atoms with Gasteiger partial charge < -0.3 is 10.2 Å². The molecule has 5 heteroatoms. The second-order valence-electron chi connectivity index (χ2n) is 5.16. The van der Waals surface area contributed by atoms with Gasteiger partial charge in [-0.05, 0) is 24.6 Å². The second kappa shape index (κ2) is 6.80. The molecule has 0 radical (unpaired) electrons. The molecule has 2 heterocycles. The van der Waals surface area contributed by atoms with Crippen molar-refractivity contribution in [2.75, 3.05) is 34.8 Å². The van der Waals surface area contributed by atoms with Crippen LogP contribution in [0, 0.1) is 6.92 Å². The van der Waals surface area contributed by atoms with Crippen molar-refractivity contribution in [1.29, 1.82) is 0 Å². The van der Waals surface area contributed by atoms with E-state index in [0.717, 1.165) is 31.1 Å². The molecule has 1 saturated heterocycles. The first kappa shape index (κ1) is 14.2. The van der Waals surface area contributed by atoms with E-state index in [0.29, 0.717) is 0 Å². The van der Waals surface area contributed by atoms with Gasteiger partial charge >= 0.3 is 0 Å². The number of benzene rings is 1. The van der Waals surface area contributed by atoms with Crippen LogP contribution in [0.4, 0.5) is 11.5 Å². The summed E-state index contributed by atoms with van der Waals surface area (Å²) >= 11 is 2.04. The molecule has 0 spiro atoms. The summed E-state index contributed by atoms with van der Waals surface area (Å²) in [7, 11) is 0. The molecule has 1 aromatic carbocycles. The molecule has 0 amide bonds. The Balaban J connectivity index is 1.59. The number of nitrogens with zero attached hydrogens (tertiary/aromatic N) is 3. The quantitative estimate of drug-likeness (QED) is 0.940. The molecule has 0 atom stereocenters. The molecule has 3 rings (SSSR count). The van der Waals surface area contributed by atoms with Crippen LogP contribution in [0.15, 0.2) is 36.7 Å². The van der Waals surface area contributed by atoms with E-state index >= 15 is 0 Å². The predicted octanol–water partition coefficient (Wildman–Crippen LogP) is 2.95. The van der Waals surface area contributed by atoms with E-state index in [1.54, 1.807) is 6.33 Å². The molecule has 0 unspecified atom stereocenters. The van der Waals surface area contributed by atoms with Gasteiger partial charge in [-0.25, -0.2) is 9.97 Å². The summed E-state index contributed by atoms with van der Waals surface area (Å²) in [4.78, 5) is 10.8. The lowest BCUT2D eigenvalue weighted by Gasteiger charge is -2.28. The Morgan fingerprint density at radius 2 is 1.90 bits per heavy atom. The summed E-state index contributed by atoms with van der Waals surface area (Å²) in [6, 6.07) is 10.8. The zero-order valence-corrected chi connectivity index (χ0v) is 13.1. The van der Waals surface area contributed by atoms with E-state index in [4.69, 9.17) is 0 Å². The second-order valence-corrected chi connectivity index (χ2v) is 6.39. The van der Waals surface area contributed by atoms with Gasteiger partial charge in [0, 0.05) is 48.6 Å². The summed E-state index contributed by atoms with van der Waals surface area (Å²) in [5, 5.41) is 3.33. The standard InChI is InChI=1S/C16H20N4S/c1-13-10-16(19-12-18-13)17-11-14-2-4-15(5-3-14)20-6-8-21-9-7-20/h2-5,10,12H,6-9,11H2,1H3,(H,17,18,19). The van der Waals surface area contributed by atoms with Crippen molar-refractivity contribution in [3.8, 4) is 0 Å². The average molecular weight is 300 g/mol. The average Bonchev–Trinajstić information content (AvgIpc) is 2.54. The maximum atomic E-state index is 4.21. The minimum absolute atomic E-state index is 0.784. The number of rotatable bonds is 4. The summed E-state index contributed by atoms with van der Waals surface area (Å²) < 4.78 is 0. The van der Waals surface area contributed by atoms with Crippen LogP contribution in [0.25, 0.3) is 0 Å². The first-order valence-corrected chi connectivity index (χ1v) is 8.41. The van der Waals surface area contributed by atoms with Crippen LogP contribution in [0.5, 0.6) is 0 Å². The van der Waals surface area contributed by atoms with Gasteiger partial charge in [0.2, 0.25) is 0 Å². The van der Waals surface area contributed by atoms with Gasteiger partial charge in [-0.1, -0.05) is 12.1 Å². The lowest BCUT2D eigenvalue weighted by Crippen LogP contribution is -2.32. The zero-order valence-electron chi connectivity index (χ0n) is 12.2. The third-order valence-electron chi connectivity index (χ3n) is 3.59. The molecule has 1 N–H and O–H groups in total. The Hall–Kier alpha value is -1.75. The SMILES string of the molecule is Cc1cc(NCc2ccc(N3CCSCC3)cc2)ncn1. The number of hydrogen-bond donors (Lipinski definition) is 1. The zero-order chi connectivity index (χ0) is 14.5. The van der Waals surface area contributed by atoms with Gasteiger partial charge in [0.15, 0.2) is 0 Å². The minimum atomic E-state index is 0.784. The molecule has 21 heavy (non-hydrogen) atoms. The highest BCUT2D eigenvalue weighted by Gasteiger charge is 2.10. The molecule has 0 bridgehead atoms. The number of aromatic nitrogens is 2. The third kappa shape index (κ3) is 3.88. The molecule has 1 aliphatic heterocycles. The predicted molar refractivity (Wildman–Crippen MR) is 90.1 cm³/mol. The normalized spacial score (nSPS) is 15.0. The summed E-state index contributed by atoms with van der Waals surface area (Å²) in [6.07, 6.45) is 1.59. The van der Waals surface area contributed by atoms with Crippen LogP contribution in [-0.4, -0.2) is 34.6 Å². The molecule has 110 valence electrons. The maximum Gasteiger partial charge on any atom is 0.129 e. The number of hydrogen-bond acceptors (Lipinski definition) is 5. The van der Waals surface area contributed by atoms with Crippen molar-refractivity contribution < 1.29 is 0 Å². The van der Waals surface area contributed by atoms with Crippen molar-refractivity contribution in [2.24, 2.45) is 0 Å². The topological polar surface area (TPSA) is 41.0 Å². The largest absolute Gasteiger partial charge is 0.370 e. The number of nitrogens with one attached hydrogen (secondary N) is 1. The Morgan fingerprint density at radius 1 is 1.14 bits per heavy atom. The molecule has 1 aromatic heterocycles. The van der Waals surface area contributed by atoms with Crippen molar-refractivity contribution in [3.63, 3.8) is 0 Å². The third-order valence-corrected chi connectivity index (χ3v) is 4.53. The molecule has 1 aliphatic rings. The fourth-order valence-electron chi connectivity index (χ4n) is 2.39. The smallest absolute Gasteiger partial charge is 0.129 e. The minimum Gasteiger partial charge on any atom is -0.370 e. The maximum absolute atomic E-state index is 4.21. The van der Waals surface area contributed by atoms with Crippen molar-refractivity contribution in [2.45, 2.75) is 13.5 Å². The number of thioether (sulfide) groups is 1. The van der Waals surface area contributed by atoms with Crippen molar-refractivity contribution in [1.82, 2.24) is 9.97 Å². The van der Waals surface area contributed by atoms with E-state index < -0.39 is 0 Å². The van der Waals surface area contributed by atoms with Gasteiger partial charge in [-0.2, -0.15) is 11.8 Å². The molecule has 4 nitrogen and oxygen atoms in total. The van der Waals surface area contributed by atoms with E-state index in [2.05, 4.69) is 44.5 Å². The molecular weight excluding hydrogens is 280 g/mol. The lowest BCUT2D eigenvalue weighted by molar-refractivity contribution is 0.858. The van der Waals surface area contributed by atoms with Crippen LogP contribution in [0.1, 0.15) is 11.3 Å². The van der Waals surface area contributed by atoms with Gasteiger partial charge in [0.1, 0.15) is 12.1 Å². The van der Waals surface area contributed by atoms with Crippen molar-refractivity contribution >= 4 is 23.3 Å².